The Kier molecular flexibility index (Phi) is 4.61. The summed E-state index contributed by atoms with van der Waals surface area (Å²) < 4.78 is 11.4. The second kappa shape index (κ2) is 6.23. The Labute approximate surface area is 131 Å². The van der Waals surface area contributed by atoms with Crippen LogP contribution in [-0.2, 0) is 4.79 Å². The first kappa shape index (κ1) is 14.8. The van der Waals surface area contributed by atoms with E-state index in [0.717, 1.165) is 4.47 Å². The van der Waals surface area contributed by atoms with Gasteiger partial charge in [0.25, 0.3) is 5.91 Å². The highest BCUT2D eigenvalue weighted by Gasteiger charge is 2.16. The predicted octanol–water partition coefficient (Wildman–Crippen LogP) is 3.98. The van der Waals surface area contributed by atoms with Crippen molar-refractivity contribution >= 4 is 49.4 Å². The van der Waals surface area contributed by atoms with Gasteiger partial charge in [0.05, 0.1) is 16.4 Å². The van der Waals surface area contributed by atoms with Crippen molar-refractivity contribution in [2.24, 2.45) is 0 Å². The van der Waals surface area contributed by atoms with Gasteiger partial charge in [-0.15, -0.1) is 0 Å². The molecule has 5 nitrogen and oxygen atoms in total. The number of furan rings is 1. The molecular formula is C13H9Br2NO4. The number of amides is 1. The molecule has 104 valence electrons. The van der Waals surface area contributed by atoms with Crippen molar-refractivity contribution in [1.82, 2.24) is 0 Å². The van der Waals surface area contributed by atoms with Crippen molar-refractivity contribution in [2.75, 3.05) is 5.32 Å². The Hall–Kier alpha value is -1.60. The van der Waals surface area contributed by atoms with Gasteiger partial charge in [-0.2, -0.15) is 0 Å². The van der Waals surface area contributed by atoms with Gasteiger partial charge >= 0.3 is 5.97 Å². The first-order valence-electron chi connectivity index (χ1n) is 5.49. The number of hydrogen-bond donors (Lipinski definition) is 1. The lowest BCUT2D eigenvalue weighted by Gasteiger charge is -2.12. The molecule has 2 rings (SSSR count). The van der Waals surface area contributed by atoms with Gasteiger partial charge in [0.1, 0.15) is 0 Å². The van der Waals surface area contributed by atoms with Gasteiger partial charge in [-0.1, -0.05) is 15.9 Å². The molecule has 7 heteroatoms. The molecule has 0 spiro atoms. The van der Waals surface area contributed by atoms with Crippen molar-refractivity contribution in [3.05, 3.63) is 45.2 Å². The summed E-state index contributed by atoms with van der Waals surface area (Å²) in [6.07, 6.45) is 1.40. The number of carbonyl (C=O) groups is 2. The van der Waals surface area contributed by atoms with Crippen LogP contribution in [0.15, 0.2) is 43.9 Å². The molecule has 2 aromatic rings. The van der Waals surface area contributed by atoms with Crippen LogP contribution in [0.4, 0.5) is 5.69 Å². The van der Waals surface area contributed by atoms with Crippen molar-refractivity contribution in [3.63, 3.8) is 0 Å². The molecule has 20 heavy (non-hydrogen) atoms. The summed E-state index contributed by atoms with van der Waals surface area (Å²) in [6.45, 7) is 1.28. The van der Waals surface area contributed by atoms with Crippen LogP contribution in [0.2, 0.25) is 0 Å². The number of halogens is 2. The maximum Gasteiger partial charge on any atom is 0.308 e. The van der Waals surface area contributed by atoms with Crippen LogP contribution in [0.3, 0.4) is 0 Å². The normalized spacial score (nSPS) is 10.2. The average molecular weight is 403 g/mol. The van der Waals surface area contributed by atoms with Gasteiger partial charge in [0, 0.05) is 11.4 Å². The molecule has 1 N–H and O–H groups in total. The first-order chi connectivity index (χ1) is 9.47. The SMILES string of the molecule is CC(=O)Oc1c(Br)cc(Br)cc1NC(=O)c1ccco1. The summed E-state index contributed by atoms with van der Waals surface area (Å²) in [7, 11) is 0. The van der Waals surface area contributed by atoms with Crippen LogP contribution in [0.1, 0.15) is 17.5 Å². The van der Waals surface area contributed by atoms with Crippen LogP contribution in [0.5, 0.6) is 5.75 Å². The number of anilines is 1. The highest BCUT2D eigenvalue weighted by molar-refractivity contribution is 9.11. The lowest BCUT2D eigenvalue weighted by atomic mass is 10.3. The maximum atomic E-state index is 12.0. The number of carbonyl (C=O) groups excluding carboxylic acids is 2. The van der Waals surface area contributed by atoms with Gasteiger partial charge in [-0.05, 0) is 40.2 Å². The number of rotatable bonds is 3. The van der Waals surface area contributed by atoms with E-state index in [2.05, 4.69) is 37.2 Å². The molecule has 0 unspecified atom stereocenters. The van der Waals surface area contributed by atoms with E-state index in [9.17, 15) is 9.59 Å². The standard InChI is InChI=1S/C13H9Br2NO4/c1-7(17)20-12-9(15)5-8(14)6-10(12)16-13(18)11-3-2-4-19-11/h2-6H,1H3,(H,16,18). The Morgan fingerprint density at radius 2 is 2.05 bits per heavy atom. The van der Waals surface area contributed by atoms with E-state index in [1.165, 1.54) is 19.3 Å². The van der Waals surface area contributed by atoms with Crippen molar-refractivity contribution in [2.45, 2.75) is 6.92 Å². The van der Waals surface area contributed by atoms with E-state index < -0.39 is 11.9 Å². The summed E-state index contributed by atoms with van der Waals surface area (Å²) in [5.74, 6) is -0.523. The Morgan fingerprint density at radius 3 is 2.65 bits per heavy atom. The third kappa shape index (κ3) is 3.49. The van der Waals surface area contributed by atoms with Gasteiger partial charge < -0.3 is 14.5 Å². The molecule has 0 atom stereocenters. The minimum Gasteiger partial charge on any atom is -0.459 e. The monoisotopic (exact) mass is 401 g/mol. The molecule has 1 amide bonds. The van der Waals surface area contributed by atoms with E-state index in [0.29, 0.717) is 10.2 Å². The quantitative estimate of drug-likeness (QED) is 0.622. The van der Waals surface area contributed by atoms with Crippen LogP contribution < -0.4 is 10.1 Å². The molecule has 0 saturated heterocycles. The molecule has 0 aliphatic rings. The number of nitrogens with one attached hydrogen (secondary N) is 1. The topological polar surface area (TPSA) is 68.5 Å². The molecule has 0 fully saturated rings. The van der Waals surface area contributed by atoms with Gasteiger partial charge in [0.15, 0.2) is 11.5 Å². The van der Waals surface area contributed by atoms with Crippen molar-refractivity contribution in [3.8, 4) is 5.75 Å². The van der Waals surface area contributed by atoms with E-state index in [1.54, 1.807) is 18.2 Å². The Balaban J connectivity index is 2.34. The molecule has 0 bridgehead atoms. The molecule has 0 radical (unpaired) electrons. The fourth-order valence-corrected chi connectivity index (χ4v) is 2.80. The van der Waals surface area contributed by atoms with Crippen molar-refractivity contribution in [1.29, 1.82) is 0 Å². The lowest BCUT2D eigenvalue weighted by Crippen LogP contribution is -2.13. The number of ether oxygens (including phenoxy) is 1. The minimum atomic E-state index is -0.485. The molecule has 1 heterocycles. The summed E-state index contributed by atoms with van der Waals surface area (Å²) in [6, 6.07) is 6.48. The largest absolute Gasteiger partial charge is 0.459 e. The third-order valence-corrected chi connectivity index (χ3v) is 3.29. The molecule has 0 aliphatic heterocycles. The number of hydrogen-bond acceptors (Lipinski definition) is 4. The second-order valence-corrected chi connectivity index (χ2v) is 5.56. The Bertz CT molecular complexity index is 653. The van der Waals surface area contributed by atoms with E-state index in [-0.39, 0.29) is 11.5 Å². The highest BCUT2D eigenvalue weighted by Crippen LogP contribution is 2.37. The summed E-state index contributed by atoms with van der Waals surface area (Å²) >= 11 is 6.59. The highest BCUT2D eigenvalue weighted by atomic mass is 79.9. The van der Waals surface area contributed by atoms with Gasteiger partial charge in [-0.25, -0.2) is 0 Å². The number of esters is 1. The molecule has 0 saturated carbocycles. The van der Waals surface area contributed by atoms with Crippen LogP contribution in [0.25, 0.3) is 0 Å². The van der Waals surface area contributed by atoms with E-state index in [1.807, 2.05) is 0 Å². The van der Waals surface area contributed by atoms with Gasteiger partial charge in [0.2, 0.25) is 0 Å². The number of benzene rings is 1. The average Bonchev–Trinajstić information content (AvgIpc) is 2.87. The fraction of sp³-hybridized carbons (Fsp3) is 0.0769. The lowest BCUT2D eigenvalue weighted by molar-refractivity contribution is -0.131. The molecule has 0 aliphatic carbocycles. The van der Waals surface area contributed by atoms with Crippen LogP contribution in [0, 0.1) is 0 Å². The maximum absolute atomic E-state index is 12.0. The van der Waals surface area contributed by atoms with E-state index in [4.69, 9.17) is 9.15 Å². The zero-order valence-corrected chi connectivity index (χ0v) is 13.4. The van der Waals surface area contributed by atoms with Crippen LogP contribution >= 0.6 is 31.9 Å². The first-order valence-corrected chi connectivity index (χ1v) is 7.08. The molecule has 1 aromatic heterocycles. The summed E-state index contributed by atoms with van der Waals surface area (Å²) in [5, 5.41) is 2.63. The smallest absolute Gasteiger partial charge is 0.308 e. The zero-order valence-electron chi connectivity index (χ0n) is 10.3. The minimum absolute atomic E-state index is 0.162. The van der Waals surface area contributed by atoms with E-state index >= 15 is 0 Å². The fourth-order valence-electron chi connectivity index (χ4n) is 1.49. The second-order valence-electron chi connectivity index (χ2n) is 3.79. The predicted molar refractivity (Wildman–Crippen MR) is 79.8 cm³/mol. The molecule has 1 aromatic carbocycles. The third-order valence-electron chi connectivity index (χ3n) is 2.25. The molecular weight excluding hydrogens is 394 g/mol. The van der Waals surface area contributed by atoms with Crippen LogP contribution in [-0.4, -0.2) is 11.9 Å². The zero-order chi connectivity index (χ0) is 14.7. The van der Waals surface area contributed by atoms with Crippen molar-refractivity contribution < 1.29 is 18.7 Å². The summed E-state index contributed by atoms with van der Waals surface area (Å²) in [4.78, 5) is 23.1. The Morgan fingerprint density at radius 1 is 1.30 bits per heavy atom. The van der Waals surface area contributed by atoms with Gasteiger partial charge in [-0.3, -0.25) is 9.59 Å². The summed E-state index contributed by atoms with van der Waals surface area (Å²) in [5.41, 5.74) is 0.350.